The number of allylic oxidation sites excluding steroid dienone is 1. The van der Waals surface area contributed by atoms with E-state index in [0.717, 1.165) is 33.3 Å². The van der Waals surface area contributed by atoms with Gasteiger partial charge in [0.05, 0.1) is 17.4 Å². The number of aromatic nitrogens is 2. The molecular weight excluding hydrogens is 404 g/mol. The number of rotatable bonds is 3. The smallest absolute Gasteiger partial charge is 0.488 e. The number of benzene rings is 3. The molecule has 1 aliphatic heterocycles. The Kier molecular flexibility index (Phi) is 4.90. The fourth-order valence-electron chi connectivity index (χ4n) is 4.21. The maximum Gasteiger partial charge on any atom is 0.511 e. The molecule has 0 atom stereocenters. The van der Waals surface area contributed by atoms with Crippen molar-refractivity contribution in [3.05, 3.63) is 94.8 Å². The van der Waals surface area contributed by atoms with Crippen LogP contribution >= 0.6 is 0 Å². The summed E-state index contributed by atoms with van der Waals surface area (Å²) in [6.45, 7) is 5.26. The topological polar surface area (TPSA) is 73.6 Å². The van der Waals surface area contributed by atoms with E-state index >= 15 is 0 Å². The molecule has 32 heavy (non-hydrogen) atoms. The molecule has 0 unspecified atom stereocenters. The van der Waals surface area contributed by atoms with Crippen molar-refractivity contribution >= 4 is 22.8 Å². The standard InChI is InChI=1S/C26H22N2O4/c1-16-7-9-23-25(17(16)2)28(15-27-23)12-11-21-20-6-4-3-5-18(20)14-31-24-10-8-19(13-22(21)24)32-26(29)30/h3-11,13,15H,12,14H2,1-2H3,(H,29,30). The molecule has 5 rings (SSSR count). The molecule has 3 aromatic carbocycles. The van der Waals surface area contributed by atoms with E-state index in [4.69, 9.17) is 14.6 Å². The Morgan fingerprint density at radius 2 is 2.00 bits per heavy atom. The Hall–Kier alpha value is -4.06. The van der Waals surface area contributed by atoms with Crippen LogP contribution in [-0.2, 0) is 13.2 Å². The monoisotopic (exact) mass is 426 g/mol. The normalized spacial score (nSPS) is 13.9. The lowest BCUT2D eigenvalue weighted by atomic mass is 9.94. The minimum absolute atomic E-state index is 0.254. The van der Waals surface area contributed by atoms with Gasteiger partial charge in [0.15, 0.2) is 0 Å². The van der Waals surface area contributed by atoms with Crippen LogP contribution in [0, 0.1) is 13.8 Å². The zero-order chi connectivity index (χ0) is 22.2. The summed E-state index contributed by atoms with van der Waals surface area (Å²) in [7, 11) is 0. The second-order valence-corrected chi connectivity index (χ2v) is 7.86. The van der Waals surface area contributed by atoms with Crippen LogP contribution in [0.3, 0.4) is 0 Å². The minimum atomic E-state index is -1.35. The van der Waals surface area contributed by atoms with Gasteiger partial charge in [-0.15, -0.1) is 0 Å². The Morgan fingerprint density at radius 3 is 2.84 bits per heavy atom. The summed E-state index contributed by atoms with van der Waals surface area (Å²) in [5, 5.41) is 9.05. The lowest BCUT2D eigenvalue weighted by Crippen LogP contribution is -2.03. The van der Waals surface area contributed by atoms with Crippen molar-refractivity contribution in [1.82, 2.24) is 9.55 Å². The summed E-state index contributed by atoms with van der Waals surface area (Å²) in [5.41, 5.74) is 8.40. The van der Waals surface area contributed by atoms with Gasteiger partial charge >= 0.3 is 6.16 Å². The van der Waals surface area contributed by atoms with Gasteiger partial charge in [-0.1, -0.05) is 36.4 Å². The molecule has 1 aromatic heterocycles. The Morgan fingerprint density at radius 1 is 1.16 bits per heavy atom. The largest absolute Gasteiger partial charge is 0.511 e. The van der Waals surface area contributed by atoms with E-state index in [0.29, 0.717) is 18.9 Å². The summed E-state index contributed by atoms with van der Waals surface area (Å²) < 4.78 is 13.1. The Labute approximate surface area is 185 Å². The molecule has 0 saturated carbocycles. The first-order chi connectivity index (χ1) is 15.5. The molecule has 0 spiro atoms. The van der Waals surface area contributed by atoms with Crippen LogP contribution in [0.5, 0.6) is 11.5 Å². The molecule has 1 N–H and O–H groups in total. The molecule has 4 aromatic rings. The van der Waals surface area contributed by atoms with Crippen LogP contribution in [0.25, 0.3) is 16.6 Å². The second kappa shape index (κ2) is 7.89. The fraction of sp³-hybridized carbons (Fsp3) is 0.154. The van der Waals surface area contributed by atoms with E-state index in [1.807, 2.05) is 30.6 Å². The van der Waals surface area contributed by atoms with Gasteiger partial charge < -0.3 is 19.1 Å². The number of nitrogens with zero attached hydrogens (tertiary/aromatic N) is 2. The van der Waals surface area contributed by atoms with Crippen molar-refractivity contribution in [1.29, 1.82) is 0 Å². The van der Waals surface area contributed by atoms with Crippen molar-refractivity contribution in [3.8, 4) is 11.5 Å². The second-order valence-electron chi connectivity index (χ2n) is 7.86. The molecule has 160 valence electrons. The highest BCUT2D eigenvalue weighted by atomic mass is 16.7. The summed E-state index contributed by atoms with van der Waals surface area (Å²) in [6, 6.07) is 17.3. The van der Waals surface area contributed by atoms with Crippen LogP contribution in [0.4, 0.5) is 4.79 Å². The molecule has 0 saturated heterocycles. The molecule has 0 fully saturated rings. The fourth-order valence-corrected chi connectivity index (χ4v) is 4.21. The highest BCUT2D eigenvalue weighted by Crippen LogP contribution is 2.39. The van der Waals surface area contributed by atoms with Gasteiger partial charge in [-0.3, -0.25) is 0 Å². The predicted octanol–water partition coefficient (Wildman–Crippen LogP) is 5.73. The molecule has 0 bridgehead atoms. The number of aryl methyl sites for hydroxylation is 2. The van der Waals surface area contributed by atoms with Crippen LogP contribution in [0.15, 0.2) is 67.0 Å². The first-order valence-corrected chi connectivity index (χ1v) is 10.4. The average molecular weight is 426 g/mol. The lowest BCUT2D eigenvalue weighted by Gasteiger charge is -2.13. The van der Waals surface area contributed by atoms with Crippen molar-refractivity contribution in [2.75, 3.05) is 0 Å². The number of carboxylic acid groups (broad SMARTS) is 1. The third kappa shape index (κ3) is 3.50. The van der Waals surface area contributed by atoms with Gasteiger partial charge in [-0.05, 0) is 65.9 Å². The maximum absolute atomic E-state index is 11.1. The van der Waals surface area contributed by atoms with E-state index in [9.17, 15) is 4.79 Å². The van der Waals surface area contributed by atoms with E-state index in [1.165, 1.54) is 11.1 Å². The van der Waals surface area contributed by atoms with Gasteiger partial charge in [0.25, 0.3) is 0 Å². The number of carbonyl (C=O) groups is 1. The van der Waals surface area contributed by atoms with Crippen LogP contribution in [0.2, 0.25) is 0 Å². The minimum Gasteiger partial charge on any atom is -0.488 e. The van der Waals surface area contributed by atoms with Crippen LogP contribution < -0.4 is 9.47 Å². The molecule has 1 aliphatic rings. The van der Waals surface area contributed by atoms with Crippen LogP contribution in [-0.4, -0.2) is 20.8 Å². The maximum atomic E-state index is 11.1. The van der Waals surface area contributed by atoms with Gasteiger partial charge in [0.1, 0.15) is 18.1 Å². The predicted molar refractivity (Wildman–Crippen MR) is 122 cm³/mol. The molecule has 0 aliphatic carbocycles. The lowest BCUT2D eigenvalue weighted by molar-refractivity contribution is 0.144. The number of ether oxygens (including phenoxy) is 2. The Bertz CT molecular complexity index is 1380. The zero-order valence-corrected chi connectivity index (χ0v) is 17.8. The average Bonchev–Trinajstić information content (AvgIpc) is 3.13. The first kappa shape index (κ1) is 19.9. The summed E-state index contributed by atoms with van der Waals surface area (Å²) in [4.78, 5) is 15.6. The van der Waals surface area contributed by atoms with Gasteiger partial charge in [-0.2, -0.15) is 0 Å². The number of fused-ring (bicyclic) bond motifs is 3. The van der Waals surface area contributed by atoms with Gasteiger partial charge in [0.2, 0.25) is 0 Å². The summed E-state index contributed by atoms with van der Waals surface area (Å²) in [5.74, 6) is 0.942. The molecule has 2 heterocycles. The Balaban J connectivity index is 1.65. The zero-order valence-electron chi connectivity index (χ0n) is 17.8. The SMILES string of the molecule is Cc1ccc2ncn(CC=C3c4ccccc4COc4ccc(OC(=O)O)cc43)c2c1C. The van der Waals surface area contributed by atoms with Crippen molar-refractivity contribution in [2.45, 2.75) is 27.0 Å². The number of imidazole rings is 1. The van der Waals surface area contributed by atoms with E-state index in [1.54, 1.807) is 18.2 Å². The van der Waals surface area contributed by atoms with E-state index < -0.39 is 6.16 Å². The van der Waals surface area contributed by atoms with Crippen molar-refractivity contribution in [3.63, 3.8) is 0 Å². The van der Waals surface area contributed by atoms with Crippen LogP contribution in [0.1, 0.15) is 27.8 Å². The number of hydrogen-bond acceptors (Lipinski definition) is 4. The van der Waals surface area contributed by atoms with Gasteiger partial charge in [-0.25, -0.2) is 9.78 Å². The third-order valence-electron chi connectivity index (χ3n) is 5.93. The van der Waals surface area contributed by atoms with Gasteiger partial charge in [0, 0.05) is 12.1 Å². The summed E-state index contributed by atoms with van der Waals surface area (Å²) in [6.07, 6.45) is 2.65. The third-order valence-corrected chi connectivity index (χ3v) is 5.93. The summed E-state index contributed by atoms with van der Waals surface area (Å²) >= 11 is 0. The van der Waals surface area contributed by atoms with E-state index in [-0.39, 0.29) is 5.75 Å². The van der Waals surface area contributed by atoms with E-state index in [2.05, 4.69) is 41.6 Å². The molecule has 6 nitrogen and oxygen atoms in total. The highest BCUT2D eigenvalue weighted by molar-refractivity contribution is 5.86. The van der Waals surface area contributed by atoms with Crippen molar-refractivity contribution < 1.29 is 19.4 Å². The molecule has 6 heteroatoms. The molecular formula is C26H22N2O4. The quantitative estimate of drug-likeness (QED) is 0.334. The number of hydrogen-bond donors (Lipinski definition) is 1. The molecule has 0 amide bonds. The first-order valence-electron chi connectivity index (χ1n) is 10.4. The van der Waals surface area contributed by atoms with Crippen molar-refractivity contribution in [2.24, 2.45) is 0 Å². The molecule has 0 radical (unpaired) electrons. The highest BCUT2D eigenvalue weighted by Gasteiger charge is 2.20.